The second-order valence-electron chi connectivity index (χ2n) is 7.12. The Balaban J connectivity index is 1.69. The minimum Gasteiger partial charge on any atom is -0.497 e. The molecule has 2 amide bonds. The molecule has 2 aliphatic rings. The van der Waals surface area contributed by atoms with Crippen LogP contribution in [0.25, 0.3) is 0 Å². The maximum absolute atomic E-state index is 13.1. The lowest BCUT2D eigenvalue weighted by molar-refractivity contribution is -0.165. The van der Waals surface area contributed by atoms with E-state index in [1.807, 2.05) is 42.5 Å². The molecule has 3 atom stereocenters. The molecule has 8 nitrogen and oxygen atoms in total. The van der Waals surface area contributed by atoms with Crippen LogP contribution in [-0.2, 0) is 19.1 Å². The molecule has 2 aromatic carbocycles. The molecule has 2 aliphatic heterocycles. The van der Waals surface area contributed by atoms with Gasteiger partial charge in [0.05, 0.1) is 26.3 Å². The van der Waals surface area contributed by atoms with Gasteiger partial charge in [0, 0.05) is 0 Å². The average molecular weight is 410 g/mol. The van der Waals surface area contributed by atoms with Gasteiger partial charge in [-0.2, -0.15) is 0 Å². The van der Waals surface area contributed by atoms with Crippen molar-refractivity contribution >= 4 is 18.0 Å². The first-order chi connectivity index (χ1) is 14.5. The standard InChI is InChI=1S/C22H22N2O6/c1-28-16-10-8-15(9-11-16)19-20(21(26)23(19)12-18(25)29-2)24-17(13-30-22(24)27)14-6-4-3-5-7-14/h3-11,17,19-20H,12-13H2,1-2H3/t17-,19-,20+/m1/s1. The van der Waals surface area contributed by atoms with E-state index in [4.69, 9.17) is 14.2 Å². The van der Waals surface area contributed by atoms with Gasteiger partial charge < -0.3 is 19.1 Å². The molecule has 0 N–H and O–H groups in total. The lowest BCUT2D eigenvalue weighted by Crippen LogP contribution is -2.66. The van der Waals surface area contributed by atoms with Crippen molar-refractivity contribution in [2.45, 2.75) is 18.1 Å². The fraction of sp³-hybridized carbons (Fsp3) is 0.318. The largest absolute Gasteiger partial charge is 0.497 e. The number of esters is 1. The monoisotopic (exact) mass is 410 g/mol. The first-order valence-corrected chi connectivity index (χ1v) is 9.56. The lowest BCUT2D eigenvalue weighted by atomic mass is 9.86. The highest BCUT2D eigenvalue weighted by Crippen LogP contribution is 2.43. The van der Waals surface area contributed by atoms with Crippen LogP contribution in [0.1, 0.15) is 23.2 Å². The molecule has 0 aliphatic carbocycles. The van der Waals surface area contributed by atoms with Crippen LogP contribution in [0.3, 0.4) is 0 Å². The van der Waals surface area contributed by atoms with Crippen molar-refractivity contribution < 1.29 is 28.6 Å². The van der Waals surface area contributed by atoms with E-state index in [0.29, 0.717) is 5.75 Å². The van der Waals surface area contributed by atoms with E-state index in [2.05, 4.69) is 0 Å². The van der Waals surface area contributed by atoms with Gasteiger partial charge in [0.1, 0.15) is 24.9 Å². The quantitative estimate of drug-likeness (QED) is 0.537. The van der Waals surface area contributed by atoms with Crippen LogP contribution in [0.5, 0.6) is 5.75 Å². The summed E-state index contributed by atoms with van der Waals surface area (Å²) in [6, 6.07) is 15.0. The molecular formula is C22H22N2O6. The molecule has 0 saturated carbocycles. The van der Waals surface area contributed by atoms with Crippen LogP contribution in [0, 0.1) is 0 Å². The van der Waals surface area contributed by atoms with Crippen LogP contribution < -0.4 is 4.74 Å². The summed E-state index contributed by atoms with van der Waals surface area (Å²) < 4.78 is 15.3. The predicted octanol–water partition coefficient (Wildman–Crippen LogP) is 2.31. The number of carbonyl (C=O) groups excluding carboxylic acids is 3. The van der Waals surface area contributed by atoms with E-state index in [-0.39, 0.29) is 25.1 Å². The van der Waals surface area contributed by atoms with Crippen LogP contribution >= 0.6 is 0 Å². The van der Waals surface area contributed by atoms with Crippen LogP contribution in [-0.4, -0.2) is 61.2 Å². The zero-order valence-corrected chi connectivity index (χ0v) is 16.7. The number of rotatable bonds is 6. The Labute approximate surface area is 173 Å². The number of hydrogen-bond acceptors (Lipinski definition) is 6. The minimum atomic E-state index is -0.775. The molecule has 2 fully saturated rings. The van der Waals surface area contributed by atoms with Crippen molar-refractivity contribution in [1.82, 2.24) is 9.80 Å². The number of β-lactam (4-membered cyclic amide) rings is 1. The Hall–Kier alpha value is -3.55. The molecule has 2 saturated heterocycles. The van der Waals surface area contributed by atoms with E-state index in [1.54, 1.807) is 19.2 Å². The third-order valence-electron chi connectivity index (χ3n) is 5.55. The number of carbonyl (C=O) groups is 3. The molecule has 30 heavy (non-hydrogen) atoms. The number of hydrogen-bond donors (Lipinski definition) is 0. The number of amides is 2. The number of benzene rings is 2. The van der Waals surface area contributed by atoms with Gasteiger partial charge >= 0.3 is 12.1 Å². The van der Waals surface area contributed by atoms with Crippen LogP contribution in [0.2, 0.25) is 0 Å². The summed E-state index contributed by atoms with van der Waals surface area (Å²) in [5, 5.41) is 0. The molecule has 0 unspecified atom stereocenters. The number of likely N-dealkylation sites (tertiary alicyclic amines) is 1. The van der Waals surface area contributed by atoms with Gasteiger partial charge in [-0.15, -0.1) is 0 Å². The maximum Gasteiger partial charge on any atom is 0.411 e. The van der Waals surface area contributed by atoms with Gasteiger partial charge in [-0.05, 0) is 23.3 Å². The molecule has 0 radical (unpaired) electrons. The van der Waals surface area contributed by atoms with Gasteiger partial charge in [0.15, 0.2) is 0 Å². The number of ether oxygens (including phenoxy) is 3. The zero-order valence-electron chi connectivity index (χ0n) is 16.7. The summed E-state index contributed by atoms with van der Waals surface area (Å²) in [5.41, 5.74) is 1.67. The molecule has 0 bridgehead atoms. The summed E-state index contributed by atoms with van der Waals surface area (Å²) >= 11 is 0. The molecule has 2 aromatic rings. The first-order valence-electron chi connectivity index (χ1n) is 9.56. The highest BCUT2D eigenvalue weighted by molar-refractivity contribution is 5.95. The first kappa shape index (κ1) is 19.8. The molecular weight excluding hydrogens is 388 g/mol. The minimum absolute atomic E-state index is 0.166. The Morgan fingerprint density at radius 2 is 1.70 bits per heavy atom. The molecule has 0 spiro atoms. The summed E-state index contributed by atoms with van der Waals surface area (Å²) in [6.07, 6.45) is -0.543. The predicted molar refractivity (Wildman–Crippen MR) is 106 cm³/mol. The lowest BCUT2D eigenvalue weighted by Gasteiger charge is -2.50. The van der Waals surface area contributed by atoms with Crippen molar-refractivity contribution in [3.63, 3.8) is 0 Å². The second-order valence-corrected chi connectivity index (χ2v) is 7.12. The van der Waals surface area contributed by atoms with E-state index < -0.39 is 24.1 Å². The molecule has 0 aromatic heterocycles. The topological polar surface area (TPSA) is 85.4 Å². The summed E-state index contributed by atoms with van der Waals surface area (Å²) in [4.78, 5) is 40.5. The summed E-state index contributed by atoms with van der Waals surface area (Å²) in [5.74, 6) is -0.173. The van der Waals surface area contributed by atoms with E-state index >= 15 is 0 Å². The molecule has 2 heterocycles. The summed E-state index contributed by atoms with van der Waals surface area (Å²) in [7, 11) is 2.84. The third kappa shape index (κ3) is 3.34. The van der Waals surface area contributed by atoms with Crippen LogP contribution in [0.4, 0.5) is 4.79 Å². The maximum atomic E-state index is 13.1. The van der Waals surface area contributed by atoms with E-state index in [1.165, 1.54) is 16.9 Å². The van der Waals surface area contributed by atoms with E-state index in [9.17, 15) is 14.4 Å². The van der Waals surface area contributed by atoms with Crippen molar-refractivity contribution in [1.29, 1.82) is 0 Å². The normalized spacial score (nSPS) is 23.1. The van der Waals surface area contributed by atoms with Crippen molar-refractivity contribution in [2.75, 3.05) is 27.4 Å². The Kier molecular flexibility index (Phi) is 5.31. The average Bonchev–Trinajstić information content (AvgIpc) is 3.16. The third-order valence-corrected chi connectivity index (χ3v) is 5.55. The van der Waals surface area contributed by atoms with Gasteiger partial charge in [-0.25, -0.2) is 4.79 Å². The SMILES string of the molecule is COC(=O)CN1C(=O)[C@@H](N2C(=O)OC[C@@H]2c2ccccc2)[C@H]1c1ccc(OC)cc1. The van der Waals surface area contributed by atoms with Crippen molar-refractivity contribution in [2.24, 2.45) is 0 Å². The molecule has 4 rings (SSSR count). The summed E-state index contributed by atoms with van der Waals surface area (Å²) in [6.45, 7) is -0.0274. The Morgan fingerprint density at radius 1 is 1.00 bits per heavy atom. The second kappa shape index (κ2) is 8.06. The number of cyclic esters (lactones) is 1. The Bertz CT molecular complexity index is 946. The highest BCUT2D eigenvalue weighted by Gasteiger charge is 2.57. The number of nitrogens with zero attached hydrogens (tertiary/aromatic N) is 2. The van der Waals surface area contributed by atoms with Gasteiger partial charge in [0.25, 0.3) is 0 Å². The number of methoxy groups -OCH3 is 2. The zero-order chi connectivity index (χ0) is 21.3. The smallest absolute Gasteiger partial charge is 0.411 e. The van der Waals surface area contributed by atoms with Gasteiger partial charge in [-0.1, -0.05) is 42.5 Å². The fourth-order valence-electron chi connectivity index (χ4n) is 4.02. The molecule has 156 valence electrons. The van der Waals surface area contributed by atoms with Crippen LogP contribution in [0.15, 0.2) is 54.6 Å². The van der Waals surface area contributed by atoms with Crippen molar-refractivity contribution in [3.8, 4) is 5.75 Å². The van der Waals surface area contributed by atoms with Crippen molar-refractivity contribution in [3.05, 3.63) is 65.7 Å². The Morgan fingerprint density at radius 3 is 2.33 bits per heavy atom. The highest BCUT2D eigenvalue weighted by atomic mass is 16.6. The van der Waals surface area contributed by atoms with Gasteiger partial charge in [0.2, 0.25) is 5.91 Å². The fourth-order valence-corrected chi connectivity index (χ4v) is 4.02. The molecule has 8 heteroatoms. The van der Waals surface area contributed by atoms with E-state index in [0.717, 1.165) is 11.1 Å². The van der Waals surface area contributed by atoms with Gasteiger partial charge in [-0.3, -0.25) is 14.5 Å².